The van der Waals surface area contributed by atoms with Crippen LogP contribution in [0.2, 0.25) is 0 Å². The summed E-state index contributed by atoms with van der Waals surface area (Å²) in [6, 6.07) is 22.1. The van der Waals surface area contributed by atoms with Crippen molar-refractivity contribution in [1.29, 1.82) is 0 Å². The summed E-state index contributed by atoms with van der Waals surface area (Å²) in [6.45, 7) is 5.44. The van der Waals surface area contributed by atoms with E-state index in [0.717, 1.165) is 16.8 Å². The van der Waals surface area contributed by atoms with E-state index in [1.807, 2.05) is 63.2 Å². The van der Waals surface area contributed by atoms with Crippen LogP contribution in [0.1, 0.15) is 54.7 Å². The van der Waals surface area contributed by atoms with Gasteiger partial charge in [0, 0.05) is 36.9 Å². The van der Waals surface area contributed by atoms with Gasteiger partial charge in [0.15, 0.2) is 0 Å². The minimum Gasteiger partial charge on any atom is -0.443 e. The predicted octanol–water partition coefficient (Wildman–Crippen LogP) is 5.96. The number of carbonyl (C=O) groups excluding carboxylic acids is 2. The van der Waals surface area contributed by atoms with Gasteiger partial charge in [-0.1, -0.05) is 42.5 Å². The lowest BCUT2D eigenvalue weighted by Crippen LogP contribution is -2.34. The lowest BCUT2D eigenvalue weighted by Gasteiger charge is -2.24. The molecular formula is C28H28N4O5. The highest BCUT2D eigenvalue weighted by Crippen LogP contribution is 2.34. The molecule has 190 valence electrons. The minimum atomic E-state index is -0.601. The monoisotopic (exact) mass is 500 g/mol. The first-order chi connectivity index (χ1) is 17.5. The van der Waals surface area contributed by atoms with E-state index in [1.54, 1.807) is 19.2 Å². The third-order valence-corrected chi connectivity index (χ3v) is 5.88. The molecule has 3 aromatic rings. The number of amides is 2. The normalized spacial score (nSPS) is 15.2. The van der Waals surface area contributed by atoms with E-state index in [1.165, 1.54) is 34.2 Å². The number of ether oxygens (including phenoxy) is 1. The predicted molar refractivity (Wildman–Crippen MR) is 141 cm³/mol. The number of non-ortho nitro benzene ring substituents is 1. The van der Waals surface area contributed by atoms with E-state index in [0.29, 0.717) is 17.7 Å². The number of nitro benzene ring substituents is 1. The molecule has 9 nitrogen and oxygen atoms in total. The van der Waals surface area contributed by atoms with Gasteiger partial charge in [0.05, 0.1) is 16.7 Å². The zero-order chi connectivity index (χ0) is 26.7. The van der Waals surface area contributed by atoms with Crippen molar-refractivity contribution in [2.24, 2.45) is 5.10 Å². The summed E-state index contributed by atoms with van der Waals surface area (Å²) in [7, 11) is 1.65. The summed E-state index contributed by atoms with van der Waals surface area (Å²) in [5.41, 5.74) is 2.75. The molecule has 9 heteroatoms. The first-order valence-electron chi connectivity index (χ1n) is 11.8. The van der Waals surface area contributed by atoms with Crippen molar-refractivity contribution in [2.45, 2.75) is 38.8 Å². The third-order valence-electron chi connectivity index (χ3n) is 5.88. The van der Waals surface area contributed by atoms with Gasteiger partial charge >= 0.3 is 6.09 Å². The number of hydrogen-bond donors (Lipinski definition) is 0. The van der Waals surface area contributed by atoms with Crippen molar-refractivity contribution >= 4 is 29.1 Å². The topological polar surface area (TPSA) is 105 Å². The zero-order valence-electron chi connectivity index (χ0n) is 21.1. The van der Waals surface area contributed by atoms with Gasteiger partial charge in [0.2, 0.25) is 0 Å². The summed E-state index contributed by atoms with van der Waals surface area (Å²) >= 11 is 0. The van der Waals surface area contributed by atoms with Gasteiger partial charge in [-0.3, -0.25) is 19.8 Å². The van der Waals surface area contributed by atoms with E-state index in [9.17, 15) is 19.7 Å². The number of nitro groups is 1. The van der Waals surface area contributed by atoms with Crippen molar-refractivity contribution in [2.75, 3.05) is 11.9 Å². The van der Waals surface area contributed by atoms with Gasteiger partial charge in [0.1, 0.15) is 5.60 Å². The second-order valence-electron chi connectivity index (χ2n) is 9.72. The van der Waals surface area contributed by atoms with E-state index < -0.39 is 16.6 Å². The first kappa shape index (κ1) is 25.6. The highest BCUT2D eigenvalue weighted by atomic mass is 16.6. The van der Waals surface area contributed by atoms with Crippen molar-refractivity contribution in [1.82, 2.24) is 5.01 Å². The van der Waals surface area contributed by atoms with Gasteiger partial charge in [-0.05, 0) is 56.2 Å². The van der Waals surface area contributed by atoms with Crippen LogP contribution in [0.4, 0.5) is 16.2 Å². The van der Waals surface area contributed by atoms with Crippen LogP contribution in [0.25, 0.3) is 0 Å². The van der Waals surface area contributed by atoms with Gasteiger partial charge in [-0.25, -0.2) is 9.80 Å². The maximum Gasteiger partial charge on any atom is 0.414 e. The molecule has 1 aliphatic heterocycles. The molecule has 4 rings (SSSR count). The van der Waals surface area contributed by atoms with Crippen molar-refractivity contribution < 1.29 is 19.2 Å². The molecule has 0 aliphatic carbocycles. The van der Waals surface area contributed by atoms with E-state index >= 15 is 0 Å². The standard InChI is InChI=1S/C28H28N4O5/c1-28(2,3)37-27(34)30(4)22-14-10-19(11-15-22)24-18-25(20-8-6-5-7-9-20)31(29-24)26(33)21-12-16-23(17-13-21)32(35)36/h5-17,25H,18H2,1-4H3. The highest BCUT2D eigenvalue weighted by Gasteiger charge is 2.34. The van der Waals surface area contributed by atoms with Crippen molar-refractivity contribution in [3.8, 4) is 0 Å². The lowest BCUT2D eigenvalue weighted by molar-refractivity contribution is -0.384. The molecular weight excluding hydrogens is 472 g/mol. The quantitative estimate of drug-likeness (QED) is 0.318. The fraction of sp³-hybridized carbons (Fsp3) is 0.250. The molecule has 1 atom stereocenters. The Morgan fingerprint density at radius 3 is 2.19 bits per heavy atom. The van der Waals surface area contributed by atoms with Crippen LogP contribution >= 0.6 is 0 Å². The third kappa shape index (κ3) is 5.83. The zero-order valence-corrected chi connectivity index (χ0v) is 21.1. The van der Waals surface area contributed by atoms with E-state index in [4.69, 9.17) is 4.74 Å². The van der Waals surface area contributed by atoms with Crippen LogP contribution in [0.15, 0.2) is 84.0 Å². The number of hydrazone groups is 1. The lowest BCUT2D eigenvalue weighted by atomic mass is 9.98. The van der Waals surface area contributed by atoms with Crippen molar-refractivity contribution in [3.63, 3.8) is 0 Å². The van der Waals surface area contributed by atoms with Gasteiger partial charge in [-0.15, -0.1) is 0 Å². The molecule has 1 aliphatic rings. The van der Waals surface area contributed by atoms with E-state index in [-0.39, 0.29) is 17.6 Å². The molecule has 0 aromatic heterocycles. The molecule has 37 heavy (non-hydrogen) atoms. The number of benzene rings is 3. The Balaban J connectivity index is 1.61. The van der Waals surface area contributed by atoms with Gasteiger partial charge in [-0.2, -0.15) is 5.10 Å². The maximum atomic E-state index is 13.4. The van der Waals surface area contributed by atoms with Gasteiger partial charge in [0.25, 0.3) is 11.6 Å². The Hall–Kier alpha value is -4.53. The average Bonchev–Trinajstić information content (AvgIpc) is 3.33. The average molecular weight is 501 g/mol. The Labute approximate surface area is 215 Å². The van der Waals surface area contributed by atoms with Crippen LogP contribution in [-0.4, -0.2) is 40.3 Å². The molecule has 0 saturated heterocycles. The second-order valence-corrected chi connectivity index (χ2v) is 9.72. The summed E-state index contributed by atoms with van der Waals surface area (Å²) in [5.74, 6) is -0.347. The maximum absolute atomic E-state index is 13.4. The fourth-order valence-corrected chi connectivity index (χ4v) is 3.98. The van der Waals surface area contributed by atoms with Crippen molar-refractivity contribution in [3.05, 3.63) is 106 Å². The van der Waals surface area contributed by atoms with Crippen LogP contribution in [-0.2, 0) is 4.74 Å². The molecule has 0 saturated carbocycles. The first-order valence-corrected chi connectivity index (χ1v) is 11.8. The number of anilines is 1. The molecule has 2 amide bonds. The van der Waals surface area contributed by atoms with Crippen LogP contribution in [0, 0.1) is 10.1 Å². The number of nitrogens with zero attached hydrogens (tertiary/aromatic N) is 4. The SMILES string of the molecule is CN(C(=O)OC(C)(C)C)c1ccc(C2=NN(C(=O)c3ccc([N+](=O)[O-])cc3)C(c3ccccc3)C2)cc1. The number of hydrogen-bond acceptors (Lipinski definition) is 6. The molecule has 3 aromatic carbocycles. The molecule has 1 heterocycles. The molecule has 0 N–H and O–H groups in total. The molecule has 1 unspecified atom stereocenters. The van der Waals surface area contributed by atoms with Crippen LogP contribution in [0.3, 0.4) is 0 Å². The Bertz CT molecular complexity index is 1330. The Kier molecular flexibility index (Phi) is 7.06. The highest BCUT2D eigenvalue weighted by molar-refractivity contribution is 6.05. The molecule has 0 bridgehead atoms. The van der Waals surface area contributed by atoms with Crippen LogP contribution < -0.4 is 4.90 Å². The number of carbonyl (C=O) groups is 2. The van der Waals surface area contributed by atoms with E-state index in [2.05, 4.69) is 5.10 Å². The van der Waals surface area contributed by atoms with Crippen LogP contribution in [0.5, 0.6) is 0 Å². The fourth-order valence-electron chi connectivity index (χ4n) is 3.98. The Morgan fingerprint density at radius 1 is 1.00 bits per heavy atom. The number of rotatable bonds is 5. The summed E-state index contributed by atoms with van der Waals surface area (Å²) in [5, 5.41) is 17.1. The summed E-state index contributed by atoms with van der Waals surface area (Å²) in [6.07, 6.45) is 0.0340. The molecule has 0 radical (unpaired) electrons. The Morgan fingerprint density at radius 2 is 1.62 bits per heavy atom. The summed E-state index contributed by atoms with van der Waals surface area (Å²) in [4.78, 5) is 37.8. The molecule has 0 spiro atoms. The largest absolute Gasteiger partial charge is 0.443 e. The summed E-state index contributed by atoms with van der Waals surface area (Å²) < 4.78 is 5.43. The smallest absolute Gasteiger partial charge is 0.414 e. The second kappa shape index (κ2) is 10.2. The minimum absolute atomic E-state index is 0.0850. The molecule has 0 fully saturated rings. The van der Waals surface area contributed by atoms with Gasteiger partial charge < -0.3 is 4.74 Å².